The van der Waals surface area contributed by atoms with Crippen LogP contribution in [-0.4, -0.2) is 55.7 Å². The van der Waals surface area contributed by atoms with Crippen LogP contribution in [-0.2, 0) is 10.0 Å². The molecule has 0 amide bonds. The maximum Gasteiger partial charge on any atom is 0.214 e. The van der Waals surface area contributed by atoms with Crippen LogP contribution >= 0.6 is 11.8 Å². The minimum Gasteiger partial charge on any atom is -0.317 e. The largest absolute Gasteiger partial charge is 0.317 e. The van der Waals surface area contributed by atoms with Gasteiger partial charge in [0.15, 0.2) is 0 Å². The van der Waals surface area contributed by atoms with Crippen molar-refractivity contribution in [3.63, 3.8) is 0 Å². The first kappa shape index (κ1) is 15.3. The van der Waals surface area contributed by atoms with E-state index in [4.69, 9.17) is 0 Å². The van der Waals surface area contributed by atoms with Gasteiger partial charge in [-0.25, -0.2) is 12.7 Å². The summed E-state index contributed by atoms with van der Waals surface area (Å²) in [6, 6.07) is 0. The third kappa shape index (κ3) is 5.59. The summed E-state index contributed by atoms with van der Waals surface area (Å²) in [7, 11) is -3.02. The molecule has 0 radical (unpaired) electrons. The van der Waals surface area contributed by atoms with E-state index >= 15 is 0 Å². The average molecular weight is 280 g/mol. The molecule has 1 aliphatic rings. The van der Waals surface area contributed by atoms with E-state index in [9.17, 15) is 8.42 Å². The summed E-state index contributed by atoms with van der Waals surface area (Å²) in [4.78, 5) is 0. The molecular weight excluding hydrogens is 256 g/mol. The molecule has 1 heterocycles. The highest BCUT2D eigenvalue weighted by Crippen LogP contribution is 2.20. The molecule has 6 heteroatoms. The zero-order valence-corrected chi connectivity index (χ0v) is 12.4. The van der Waals surface area contributed by atoms with Crippen molar-refractivity contribution in [2.75, 3.05) is 37.7 Å². The van der Waals surface area contributed by atoms with E-state index in [2.05, 4.69) is 19.2 Å². The summed E-state index contributed by atoms with van der Waals surface area (Å²) in [5.74, 6) is 1.20. The van der Waals surface area contributed by atoms with Crippen molar-refractivity contribution < 1.29 is 8.42 Å². The van der Waals surface area contributed by atoms with Crippen LogP contribution in [0.1, 0.15) is 26.7 Å². The smallest absolute Gasteiger partial charge is 0.214 e. The molecule has 17 heavy (non-hydrogen) atoms. The van der Waals surface area contributed by atoms with Gasteiger partial charge in [0.2, 0.25) is 10.0 Å². The molecule has 0 saturated carbocycles. The Balaban J connectivity index is 2.29. The van der Waals surface area contributed by atoms with Crippen LogP contribution in [0.5, 0.6) is 0 Å². The third-order valence-corrected chi connectivity index (χ3v) is 5.84. The quantitative estimate of drug-likeness (QED) is 0.711. The summed E-state index contributed by atoms with van der Waals surface area (Å²) in [5, 5.41) is 3.66. The van der Waals surface area contributed by atoms with Crippen LogP contribution in [0.4, 0.5) is 0 Å². The van der Waals surface area contributed by atoms with Crippen molar-refractivity contribution in [1.29, 1.82) is 0 Å². The fourth-order valence-electron chi connectivity index (χ4n) is 1.85. The van der Waals surface area contributed by atoms with Gasteiger partial charge in [-0.2, -0.15) is 11.8 Å². The molecule has 4 nitrogen and oxygen atoms in total. The SMILES string of the molecule is CCCNCCCS(=O)(=O)N1CCSC(C)C1. The van der Waals surface area contributed by atoms with Crippen LogP contribution in [0, 0.1) is 0 Å². The molecule has 1 unspecified atom stereocenters. The predicted molar refractivity (Wildman–Crippen MR) is 75.1 cm³/mol. The standard InChI is InChI=1S/C11H24N2O2S2/c1-3-5-12-6-4-9-17(14,15)13-7-8-16-11(2)10-13/h11-12H,3-10H2,1-2H3. The lowest BCUT2D eigenvalue weighted by Crippen LogP contribution is -2.42. The molecule has 102 valence electrons. The molecule has 1 rings (SSSR count). The number of hydrogen-bond acceptors (Lipinski definition) is 4. The summed E-state index contributed by atoms with van der Waals surface area (Å²) in [5.41, 5.74) is 0. The van der Waals surface area contributed by atoms with Crippen LogP contribution in [0.3, 0.4) is 0 Å². The van der Waals surface area contributed by atoms with Crippen LogP contribution in [0.15, 0.2) is 0 Å². The topological polar surface area (TPSA) is 49.4 Å². The fourth-order valence-corrected chi connectivity index (χ4v) is 4.66. The zero-order chi connectivity index (χ0) is 12.7. The Hall–Kier alpha value is 0.220. The van der Waals surface area contributed by atoms with Crippen molar-refractivity contribution in [3.05, 3.63) is 0 Å². The van der Waals surface area contributed by atoms with Gasteiger partial charge in [-0.1, -0.05) is 13.8 Å². The zero-order valence-electron chi connectivity index (χ0n) is 10.8. The number of nitrogens with one attached hydrogen (secondary N) is 1. The highest BCUT2D eigenvalue weighted by Gasteiger charge is 2.26. The third-order valence-electron chi connectivity index (χ3n) is 2.78. The van der Waals surface area contributed by atoms with E-state index in [1.165, 1.54) is 0 Å². The maximum absolute atomic E-state index is 12.1. The van der Waals surface area contributed by atoms with Crippen LogP contribution in [0.25, 0.3) is 0 Å². The van der Waals surface area contributed by atoms with Crippen molar-refractivity contribution in [2.45, 2.75) is 31.9 Å². The summed E-state index contributed by atoms with van der Waals surface area (Å²) in [6.07, 6.45) is 1.80. The van der Waals surface area contributed by atoms with Gasteiger partial charge in [0.05, 0.1) is 5.75 Å². The second-order valence-electron chi connectivity index (χ2n) is 4.46. The molecule has 0 aromatic rings. The number of rotatable bonds is 7. The number of thioether (sulfide) groups is 1. The summed E-state index contributed by atoms with van der Waals surface area (Å²) in [6.45, 7) is 7.32. The minimum atomic E-state index is -3.02. The normalized spacial score (nSPS) is 22.8. The molecule has 1 atom stereocenters. The van der Waals surface area contributed by atoms with Gasteiger partial charge in [-0.05, 0) is 25.9 Å². The van der Waals surface area contributed by atoms with E-state index in [1.54, 1.807) is 4.31 Å². The Morgan fingerprint density at radius 1 is 1.41 bits per heavy atom. The Morgan fingerprint density at radius 3 is 2.82 bits per heavy atom. The van der Waals surface area contributed by atoms with Gasteiger partial charge in [0, 0.05) is 24.1 Å². The highest BCUT2D eigenvalue weighted by atomic mass is 32.2. The van der Waals surface area contributed by atoms with Gasteiger partial charge in [-0.15, -0.1) is 0 Å². The number of sulfonamides is 1. The van der Waals surface area contributed by atoms with Crippen LogP contribution < -0.4 is 5.32 Å². The Kier molecular flexibility index (Phi) is 6.84. The first-order valence-corrected chi connectivity index (χ1v) is 9.02. The van der Waals surface area contributed by atoms with E-state index < -0.39 is 10.0 Å². The van der Waals surface area contributed by atoms with Crippen molar-refractivity contribution in [3.8, 4) is 0 Å². The molecule has 0 spiro atoms. The van der Waals surface area contributed by atoms with Crippen molar-refractivity contribution in [1.82, 2.24) is 9.62 Å². The van der Waals surface area contributed by atoms with Gasteiger partial charge in [0.25, 0.3) is 0 Å². The average Bonchev–Trinajstić information content (AvgIpc) is 2.29. The molecule has 0 aromatic heterocycles. The molecule has 1 N–H and O–H groups in total. The van der Waals surface area contributed by atoms with Crippen molar-refractivity contribution in [2.24, 2.45) is 0 Å². The summed E-state index contributed by atoms with van der Waals surface area (Å²) < 4.78 is 25.8. The molecule has 1 fully saturated rings. The lowest BCUT2D eigenvalue weighted by atomic mass is 10.4. The molecule has 0 aromatic carbocycles. The Morgan fingerprint density at radius 2 is 2.18 bits per heavy atom. The lowest BCUT2D eigenvalue weighted by Gasteiger charge is -2.29. The highest BCUT2D eigenvalue weighted by molar-refractivity contribution is 8.00. The first-order valence-electron chi connectivity index (χ1n) is 6.36. The van der Waals surface area contributed by atoms with Crippen molar-refractivity contribution >= 4 is 21.8 Å². The van der Waals surface area contributed by atoms with Gasteiger partial charge < -0.3 is 5.32 Å². The number of hydrogen-bond donors (Lipinski definition) is 1. The van der Waals surface area contributed by atoms with E-state index in [-0.39, 0.29) is 5.75 Å². The fraction of sp³-hybridized carbons (Fsp3) is 1.00. The van der Waals surface area contributed by atoms with E-state index in [1.807, 2.05) is 11.8 Å². The molecular formula is C11H24N2O2S2. The Bertz CT molecular complexity index is 307. The minimum absolute atomic E-state index is 0.279. The molecule has 0 bridgehead atoms. The van der Waals surface area contributed by atoms with Crippen LogP contribution in [0.2, 0.25) is 0 Å². The monoisotopic (exact) mass is 280 g/mol. The lowest BCUT2D eigenvalue weighted by molar-refractivity contribution is 0.423. The van der Waals surface area contributed by atoms with E-state index in [0.717, 1.165) is 25.3 Å². The van der Waals surface area contributed by atoms with Gasteiger partial charge in [-0.3, -0.25) is 0 Å². The van der Waals surface area contributed by atoms with Gasteiger partial charge >= 0.3 is 0 Å². The second kappa shape index (κ2) is 7.61. The number of nitrogens with zero attached hydrogens (tertiary/aromatic N) is 1. The predicted octanol–water partition coefficient (Wildman–Crippen LogP) is 1.14. The first-order chi connectivity index (χ1) is 8.06. The molecule has 1 saturated heterocycles. The second-order valence-corrected chi connectivity index (χ2v) is 8.09. The van der Waals surface area contributed by atoms with E-state index in [0.29, 0.717) is 24.8 Å². The Labute approximate surface area is 110 Å². The van der Waals surface area contributed by atoms with Gasteiger partial charge in [0.1, 0.15) is 0 Å². The maximum atomic E-state index is 12.1. The molecule has 0 aliphatic carbocycles. The molecule has 1 aliphatic heterocycles. The summed E-state index contributed by atoms with van der Waals surface area (Å²) >= 11 is 1.85.